The standard InChI is InChI=1S/C14H21N3O3S/c1-17(2)14(18)10-5-6-12(15)13(8-10)16-9-11-4-3-7-21(11,19)20/h5-6,8,11,16H,3-4,7,9,15H2,1-2H3. The first kappa shape index (κ1) is 15.6. The van der Waals surface area contributed by atoms with Crippen LogP contribution >= 0.6 is 0 Å². The molecule has 1 aromatic rings. The second kappa shape index (κ2) is 5.93. The van der Waals surface area contributed by atoms with E-state index in [4.69, 9.17) is 5.73 Å². The van der Waals surface area contributed by atoms with Crippen LogP contribution in [0, 0.1) is 0 Å². The smallest absolute Gasteiger partial charge is 0.253 e. The van der Waals surface area contributed by atoms with Crippen molar-refractivity contribution in [2.75, 3.05) is 37.4 Å². The summed E-state index contributed by atoms with van der Waals surface area (Å²) in [7, 11) is 0.366. The van der Waals surface area contributed by atoms with Crippen molar-refractivity contribution in [1.29, 1.82) is 0 Å². The van der Waals surface area contributed by atoms with Gasteiger partial charge in [0, 0.05) is 26.2 Å². The molecule has 21 heavy (non-hydrogen) atoms. The van der Waals surface area contributed by atoms with Gasteiger partial charge in [0.15, 0.2) is 9.84 Å². The topological polar surface area (TPSA) is 92.5 Å². The zero-order chi connectivity index (χ0) is 15.6. The van der Waals surface area contributed by atoms with Crippen molar-refractivity contribution in [2.24, 2.45) is 0 Å². The summed E-state index contributed by atoms with van der Waals surface area (Å²) in [6.45, 7) is 0.326. The number of hydrogen-bond donors (Lipinski definition) is 2. The number of amides is 1. The van der Waals surface area contributed by atoms with Gasteiger partial charge in [0.2, 0.25) is 0 Å². The fourth-order valence-electron chi connectivity index (χ4n) is 2.41. The average Bonchev–Trinajstić information content (AvgIpc) is 2.76. The van der Waals surface area contributed by atoms with Crippen LogP contribution in [0.15, 0.2) is 18.2 Å². The highest BCUT2D eigenvalue weighted by Gasteiger charge is 2.30. The normalized spacial score (nSPS) is 20.2. The Morgan fingerprint density at radius 3 is 2.71 bits per heavy atom. The van der Waals surface area contributed by atoms with Gasteiger partial charge < -0.3 is 16.0 Å². The van der Waals surface area contributed by atoms with Crippen LogP contribution in [0.2, 0.25) is 0 Å². The molecule has 0 aliphatic carbocycles. The molecule has 7 heteroatoms. The highest BCUT2D eigenvalue weighted by Crippen LogP contribution is 2.24. The second-order valence-corrected chi connectivity index (χ2v) is 7.91. The number of hydrogen-bond acceptors (Lipinski definition) is 5. The van der Waals surface area contributed by atoms with Crippen LogP contribution in [0.1, 0.15) is 23.2 Å². The van der Waals surface area contributed by atoms with Gasteiger partial charge in [-0.15, -0.1) is 0 Å². The third kappa shape index (κ3) is 3.47. The summed E-state index contributed by atoms with van der Waals surface area (Å²) in [6, 6.07) is 4.98. The van der Waals surface area contributed by atoms with E-state index >= 15 is 0 Å². The maximum Gasteiger partial charge on any atom is 0.253 e. The highest BCUT2D eigenvalue weighted by atomic mass is 32.2. The monoisotopic (exact) mass is 311 g/mol. The molecule has 2 rings (SSSR count). The number of nitrogens with one attached hydrogen (secondary N) is 1. The lowest BCUT2D eigenvalue weighted by molar-refractivity contribution is 0.0827. The first-order valence-electron chi connectivity index (χ1n) is 6.88. The van der Waals surface area contributed by atoms with Crippen LogP contribution in [0.4, 0.5) is 11.4 Å². The number of carbonyl (C=O) groups excluding carboxylic acids is 1. The molecule has 1 aliphatic heterocycles. The van der Waals surface area contributed by atoms with E-state index in [1.807, 2.05) is 0 Å². The van der Waals surface area contributed by atoms with Crippen LogP contribution in [-0.4, -0.2) is 50.9 Å². The Labute approximate surface area is 125 Å². The minimum absolute atomic E-state index is 0.119. The molecule has 0 bridgehead atoms. The number of nitrogen functional groups attached to an aromatic ring is 1. The quantitative estimate of drug-likeness (QED) is 0.808. The van der Waals surface area contributed by atoms with E-state index in [2.05, 4.69) is 5.32 Å². The van der Waals surface area contributed by atoms with Crippen molar-refractivity contribution in [2.45, 2.75) is 18.1 Å². The van der Waals surface area contributed by atoms with Crippen LogP contribution in [-0.2, 0) is 9.84 Å². The van der Waals surface area contributed by atoms with Crippen molar-refractivity contribution in [3.05, 3.63) is 23.8 Å². The van der Waals surface area contributed by atoms with Gasteiger partial charge in [-0.05, 0) is 31.0 Å². The van der Waals surface area contributed by atoms with E-state index in [0.29, 0.717) is 36.3 Å². The Balaban J connectivity index is 2.13. The van der Waals surface area contributed by atoms with Crippen LogP contribution < -0.4 is 11.1 Å². The molecule has 116 valence electrons. The van der Waals surface area contributed by atoms with Gasteiger partial charge in [0.05, 0.1) is 22.4 Å². The Bertz CT molecular complexity index is 641. The third-order valence-corrected chi connectivity index (χ3v) is 5.97. The molecule has 0 spiro atoms. The number of rotatable bonds is 4. The van der Waals surface area contributed by atoms with Crippen molar-refractivity contribution in [1.82, 2.24) is 4.90 Å². The van der Waals surface area contributed by atoms with E-state index < -0.39 is 9.84 Å². The zero-order valence-corrected chi connectivity index (χ0v) is 13.1. The molecule has 0 radical (unpaired) electrons. The van der Waals surface area contributed by atoms with Crippen LogP contribution in [0.25, 0.3) is 0 Å². The van der Waals surface area contributed by atoms with E-state index in [-0.39, 0.29) is 16.9 Å². The molecule has 1 aliphatic rings. The Morgan fingerprint density at radius 1 is 1.43 bits per heavy atom. The van der Waals surface area contributed by atoms with E-state index in [1.54, 1.807) is 32.3 Å². The van der Waals surface area contributed by atoms with Gasteiger partial charge in [-0.1, -0.05) is 0 Å². The summed E-state index contributed by atoms with van der Waals surface area (Å²) in [5, 5.41) is 2.70. The summed E-state index contributed by atoms with van der Waals surface area (Å²) in [6.07, 6.45) is 1.38. The Hall–Kier alpha value is -1.76. The summed E-state index contributed by atoms with van der Waals surface area (Å²) < 4.78 is 23.6. The summed E-state index contributed by atoms with van der Waals surface area (Å²) in [5.41, 5.74) is 7.50. The van der Waals surface area contributed by atoms with Crippen molar-refractivity contribution < 1.29 is 13.2 Å². The molecule has 0 aromatic heterocycles. The van der Waals surface area contributed by atoms with Gasteiger partial charge in [-0.25, -0.2) is 8.42 Å². The molecular formula is C14H21N3O3S. The van der Waals surface area contributed by atoms with Gasteiger partial charge in [-0.2, -0.15) is 0 Å². The predicted molar refractivity (Wildman–Crippen MR) is 84.2 cm³/mol. The Morgan fingerprint density at radius 2 is 2.14 bits per heavy atom. The van der Waals surface area contributed by atoms with Gasteiger partial charge in [0.25, 0.3) is 5.91 Å². The maximum atomic E-state index is 11.9. The van der Waals surface area contributed by atoms with E-state index in [0.717, 1.165) is 0 Å². The number of nitrogens with zero attached hydrogens (tertiary/aromatic N) is 1. The molecule has 1 amide bonds. The Kier molecular flexibility index (Phi) is 4.41. The minimum Gasteiger partial charge on any atom is -0.397 e. The predicted octanol–water partition coefficient (Wildman–Crippen LogP) is 0.960. The van der Waals surface area contributed by atoms with Crippen LogP contribution in [0.5, 0.6) is 0 Å². The molecule has 1 heterocycles. The molecule has 6 nitrogen and oxygen atoms in total. The summed E-state index contributed by atoms with van der Waals surface area (Å²) in [4.78, 5) is 13.4. The average molecular weight is 311 g/mol. The summed E-state index contributed by atoms with van der Waals surface area (Å²) in [5.74, 6) is 0.139. The van der Waals surface area contributed by atoms with Gasteiger partial charge in [-0.3, -0.25) is 4.79 Å². The molecular weight excluding hydrogens is 290 g/mol. The maximum absolute atomic E-state index is 11.9. The minimum atomic E-state index is -2.99. The van der Waals surface area contributed by atoms with Crippen molar-refractivity contribution in [3.8, 4) is 0 Å². The molecule has 0 saturated carbocycles. The van der Waals surface area contributed by atoms with Gasteiger partial charge >= 0.3 is 0 Å². The highest BCUT2D eigenvalue weighted by molar-refractivity contribution is 7.92. The molecule has 1 unspecified atom stereocenters. The van der Waals surface area contributed by atoms with E-state index in [1.165, 1.54) is 4.90 Å². The lowest BCUT2D eigenvalue weighted by Gasteiger charge is -2.16. The number of carbonyl (C=O) groups is 1. The first-order valence-corrected chi connectivity index (χ1v) is 8.59. The van der Waals surface area contributed by atoms with Crippen molar-refractivity contribution in [3.63, 3.8) is 0 Å². The SMILES string of the molecule is CN(C)C(=O)c1ccc(N)c(NCC2CCCS2(=O)=O)c1. The van der Waals surface area contributed by atoms with Crippen LogP contribution in [0.3, 0.4) is 0 Å². The fourth-order valence-corrected chi connectivity index (χ4v) is 4.18. The molecule has 1 atom stereocenters. The number of benzene rings is 1. The van der Waals surface area contributed by atoms with Gasteiger partial charge in [0.1, 0.15) is 0 Å². The first-order chi connectivity index (χ1) is 9.81. The lowest BCUT2D eigenvalue weighted by atomic mass is 10.1. The molecule has 1 aromatic carbocycles. The number of anilines is 2. The number of nitrogens with two attached hydrogens (primary N) is 1. The van der Waals surface area contributed by atoms with Crippen molar-refractivity contribution >= 4 is 27.1 Å². The number of sulfone groups is 1. The van der Waals surface area contributed by atoms with E-state index in [9.17, 15) is 13.2 Å². The molecule has 1 fully saturated rings. The molecule has 1 saturated heterocycles. The summed E-state index contributed by atoms with van der Waals surface area (Å²) >= 11 is 0. The fraction of sp³-hybridized carbons (Fsp3) is 0.500. The largest absolute Gasteiger partial charge is 0.397 e. The molecule has 3 N–H and O–H groups in total. The lowest BCUT2D eigenvalue weighted by Crippen LogP contribution is -2.26. The zero-order valence-electron chi connectivity index (χ0n) is 12.3. The second-order valence-electron chi connectivity index (χ2n) is 5.51. The third-order valence-electron chi connectivity index (χ3n) is 3.69.